The van der Waals surface area contributed by atoms with Crippen LogP contribution in [0, 0.1) is 0 Å². The van der Waals surface area contributed by atoms with Crippen LogP contribution in [0.4, 0.5) is 0 Å². The third-order valence-corrected chi connectivity index (χ3v) is 4.04. The number of hydrogen-bond donors (Lipinski definition) is 0. The van der Waals surface area contributed by atoms with Crippen LogP contribution < -0.4 is 9.47 Å². The van der Waals surface area contributed by atoms with Crippen molar-refractivity contribution < 1.29 is 9.47 Å². The first-order valence-electron chi connectivity index (χ1n) is 6.79. The highest BCUT2D eigenvalue weighted by molar-refractivity contribution is 9.09. The lowest BCUT2D eigenvalue weighted by Gasteiger charge is -2.13. The molecule has 0 amide bonds. The van der Waals surface area contributed by atoms with E-state index < -0.39 is 0 Å². The Balaban J connectivity index is 2.12. The summed E-state index contributed by atoms with van der Waals surface area (Å²) in [6.07, 6.45) is 3.26. The van der Waals surface area contributed by atoms with Gasteiger partial charge < -0.3 is 9.47 Å². The summed E-state index contributed by atoms with van der Waals surface area (Å²) in [4.78, 5) is 0.638. The summed E-state index contributed by atoms with van der Waals surface area (Å²) in [7, 11) is 0. The maximum Gasteiger partial charge on any atom is 0.161 e. The summed E-state index contributed by atoms with van der Waals surface area (Å²) < 4.78 is 11.5. The second kappa shape index (κ2) is 6.46. The fourth-order valence-corrected chi connectivity index (χ4v) is 2.63. The minimum absolute atomic E-state index is 0.638. The molecular weight excluding hydrogens is 292 g/mol. The lowest BCUT2D eigenvalue weighted by Crippen LogP contribution is -2.01. The molecule has 18 heavy (non-hydrogen) atoms. The van der Waals surface area contributed by atoms with Crippen LogP contribution in [0.1, 0.15) is 44.6 Å². The first-order chi connectivity index (χ1) is 8.76. The molecule has 0 spiro atoms. The Kier molecular flexibility index (Phi) is 4.93. The van der Waals surface area contributed by atoms with Gasteiger partial charge in [0.1, 0.15) is 0 Å². The van der Waals surface area contributed by atoms with E-state index in [1.807, 2.05) is 6.07 Å². The Hall–Kier alpha value is -0.700. The van der Waals surface area contributed by atoms with E-state index in [4.69, 9.17) is 9.47 Å². The molecule has 2 rings (SSSR count). The summed E-state index contributed by atoms with van der Waals surface area (Å²) >= 11 is 3.65. The Morgan fingerprint density at radius 2 is 1.72 bits per heavy atom. The molecule has 0 heterocycles. The average Bonchev–Trinajstić information content (AvgIpc) is 3.11. The predicted molar refractivity (Wildman–Crippen MR) is 78.1 cm³/mol. The number of hydrogen-bond acceptors (Lipinski definition) is 2. The van der Waals surface area contributed by atoms with Crippen molar-refractivity contribution in [1.29, 1.82) is 0 Å². The Labute approximate surface area is 118 Å². The van der Waals surface area contributed by atoms with Gasteiger partial charge in [-0.25, -0.2) is 0 Å². The van der Waals surface area contributed by atoms with Crippen LogP contribution in [0.2, 0.25) is 0 Å². The number of ether oxygens (including phenoxy) is 2. The highest BCUT2D eigenvalue weighted by atomic mass is 79.9. The molecule has 0 aromatic heterocycles. The topological polar surface area (TPSA) is 18.5 Å². The zero-order valence-electron chi connectivity index (χ0n) is 11.1. The molecule has 0 unspecified atom stereocenters. The highest BCUT2D eigenvalue weighted by Gasteiger charge is 2.36. The standard InChI is InChI=1S/C15H21BrO2/c1-3-7-17-14-6-5-11(12-10-13(12)16)9-15(14)18-8-4-2/h5-6,9,12-13H,3-4,7-8,10H2,1-2H3/t12-,13+/m0/s1. The zero-order chi connectivity index (χ0) is 13.0. The van der Waals surface area contributed by atoms with Crippen molar-refractivity contribution in [1.82, 2.24) is 0 Å². The van der Waals surface area contributed by atoms with Crippen molar-refractivity contribution in [2.24, 2.45) is 0 Å². The number of rotatable bonds is 7. The molecule has 0 saturated heterocycles. The monoisotopic (exact) mass is 312 g/mol. The van der Waals surface area contributed by atoms with Gasteiger partial charge in [0.25, 0.3) is 0 Å². The molecule has 1 aliphatic carbocycles. The lowest BCUT2D eigenvalue weighted by molar-refractivity contribution is 0.268. The van der Waals surface area contributed by atoms with Crippen LogP contribution in [0.25, 0.3) is 0 Å². The molecule has 2 nitrogen and oxygen atoms in total. The fourth-order valence-electron chi connectivity index (χ4n) is 1.92. The van der Waals surface area contributed by atoms with Crippen molar-refractivity contribution in [3.8, 4) is 11.5 Å². The summed E-state index contributed by atoms with van der Waals surface area (Å²) in [5.74, 6) is 2.42. The normalized spacial score (nSPS) is 21.7. The Morgan fingerprint density at radius 3 is 2.28 bits per heavy atom. The number of halogens is 1. The van der Waals surface area contributed by atoms with Crippen LogP contribution in [0.3, 0.4) is 0 Å². The molecule has 0 N–H and O–H groups in total. The zero-order valence-corrected chi connectivity index (χ0v) is 12.7. The SMILES string of the molecule is CCCOc1ccc([C@@H]2C[C@H]2Br)cc1OCCC. The third-order valence-electron chi connectivity index (χ3n) is 3.03. The van der Waals surface area contributed by atoms with E-state index in [1.54, 1.807) is 0 Å². The molecule has 0 radical (unpaired) electrons. The van der Waals surface area contributed by atoms with E-state index in [-0.39, 0.29) is 0 Å². The van der Waals surface area contributed by atoms with Gasteiger partial charge in [0.15, 0.2) is 11.5 Å². The molecular formula is C15H21BrO2. The highest BCUT2D eigenvalue weighted by Crippen LogP contribution is 2.48. The Bertz CT molecular complexity index is 392. The van der Waals surface area contributed by atoms with Gasteiger partial charge >= 0.3 is 0 Å². The van der Waals surface area contributed by atoms with Crippen molar-refractivity contribution in [3.05, 3.63) is 23.8 Å². The maximum atomic E-state index is 5.80. The van der Waals surface area contributed by atoms with Gasteiger partial charge in [-0.3, -0.25) is 0 Å². The van der Waals surface area contributed by atoms with E-state index in [0.29, 0.717) is 10.7 Å². The van der Waals surface area contributed by atoms with E-state index in [0.717, 1.165) is 37.6 Å². The van der Waals surface area contributed by atoms with Crippen molar-refractivity contribution in [2.75, 3.05) is 13.2 Å². The summed E-state index contributed by atoms with van der Waals surface area (Å²) in [5, 5.41) is 0. The lowest BCUT2D eigenvalue weighted by atomic mass is 10.1. The largest absolute Gasteiger partial charge is 0.490 e. The molecule has 1 aromatic carbocycles. The van der Waals surface area contributed by atoms with Gasteiger partial charge in [-0.05, 0) is 42.9 Å². The first-order valence-corrected chi connectivity index (χ1v) is 7.71. The predicted octanol–water partition coefficient (Wildman–Crippen LogP) is 4.52. The second-order valence-corrected chi connectivity index (χ2v) is 5.94. The maximum absolute atomic E-state index is 5.80. The van der Waals surface area contributed by atoms with E-state index in [9.17, 15) is 0 Å². The van der Waals surface area contributed by atoms with Crippen molar-refractivity contribution in [2.45, 2.75) is 43.9 Å². The van der Waals surface area contributed by atoms with Crippen LogP contribution in [-0.4, -0.2) is 18.0 Å². The van der Waals surface area contributed by atoms with E-state index >= 15 is 0 Å². The van der Waals surface area contributed by atoms with Crippen LogP contribution in [0.5, 0.6) is 11.5 Å². The van der Waals surface area contributed by atoms with Gasteiger partial charge in [0.2, 0.25) is 0 Å². The summed E-state index contributed by atoms with van der Waals surface area (Å²) in [5.41, 5.74) is 1.35. The van der Waals surface area contributed by atoms with Crippen LogP contribution in [-0.2, 0) is 0 Å². The summed E-state index contributed by atoms with van der Waals surface area (Å²) in [6, 6.07) is 6.36. The van der Waals surface area contributed by atoms with Crippen molar-refractivity contribution in [3.63, 3.8) is 0 Å². The smallest absolute Gasteiger partial charge is 0.161 e. The van der Waals surface area contributed by atoms with Gasteiger partial charge in [0, 0.05) is 4.83 Å². The molecule has 1 saturated carbocycles. The summed E-state index contributed by atoms with van der Waals surface area (Å²) in [6.45, 7) is 5.72. The van der Waals surface area contributed by atoms with Gasteiger partial charge in [0.05, 0.1) is 13.2 Å². The Morgan fingerprint density at radius 1 is 1.11 bits per heavy atom. The van der Waals surface area contributed by atoms with Crippen LogP contribution >= 0.6 is 15.9 Å². The average molecular weight is 313 g/mol. The third kappa shape index (κ3) is 3.41. The van der Waals surface area contributed by atoms with Gasteiger partial charge in [-0.15, -0.1) is 0 Å². The van der Waals surface area contributed by atoms with E-state index in [2.05, 4.69) is 41.9 Å². The van der Waals surface area contributed by atoms with Crippen LogP contribution in [0.15, 0.2) is 18.2 Å². The molecule has 3 heteroatoms. The number of alkyl halides is 1. The van der Waals surface area contributed by atoms with E-state index in [1.165, 1.54) is 12.0 Å². The molecule has 1 aliphatic rings. The molecule has 0 bridgehead atoms. The second-order valence-electron chi connectivity index (χ2n) is 4.76. The van der Waals surface area contributed by atoms with Gasteiger partial charge in [-0.2, -0.15) is 0 Å². The first kappa shape index (κ1) is 13.7. The fraction of sp³-hybridized carbons (Fsp3) is 0.600. The van der Waals surface area contributed by atoms with Crippen molar-refractivity contribution >= 4 is 15.9 Å². The molecule has 1 aromatic rings. The molecule has 0 aliphatic heterocycles. The minimum atomic E-state index is 0.638. The molecule has 2 atom stereocenters. The minimum Gasteiger partial charge on any atom is -0.490 e. The molecule has 100 valence electrons. The van der Waals surface area contributed by atoms with Gasteiger partial charge in [-0.1, -0.05) is 35.8 Å². The quantitative estimate of drug-likeness (QED) is 0.689. The number of benzene rings is 1. The molecule has 1 fully saturated rings.